The van der Waals surface area contributed by atoms with Crippen LogP contribution in [0.4, 0.5) is 5.69 Å². The number of carbonyl (C=O) groups is 1. The molecule has 9 nitrogen and oxygen atoms in total. The van der Waals surface area contributed by atoms with Crippen LogP contribution in [0.5, 0.6) is 11.5 Å². The predicted octanol–water partition coefficient (Wildman–Crippen LogP) is 2.93. The summed E-state index contributed by atoms with van der Waals surface area (Å²) in [5, 5.41) is 34.6. The number of likely N-dealkylation sites (tertiary alicyclic amines) is 1. The first kappa shape index (κ1) is 23.9. The Morgan fingerprint density at radius 3 is 2.82 bits per heavy atom. The highest BCUT2D eigenvalue weighted by Gasteiger charge is 2.73. The summed E-state index contributed by atoms with van der Waals surface area (Å²) in [5.74, 6) is 1.11. The number of piperidine rings is 1. The molecule has 0 radical (unpaired) electrons. The van der Waals surface area contributed by atoms with Gasteiger partial charge in [-0.15, -0.1) is 0 Å². The van der Waals surface area contributed by atoms with E-state index in [9.17, 15) is 25.1 Å². The highest BCUT2D eigenvalue weighted by Crippen LogP contribution is 2.66. The van der Waals surface area contributed by atoms with Crippen molar-refractivity contribution in [3.05, 3.63) is 63.2 Å². The van der Waals surface area contributed by atoms with Crippen molar-refractivity contribution in [2.45, 2.75) is 74.1 Å². The highest BCUT2D eigenvalue weighted by molar-refractivity contribution is 5.79. The second kappa shape index (κ2) is 8.16. The zero-order valence-corrected chi connectivity index (χ0v) is 21.5. The normalized spacial score (nSPS) is 32.8. The Bertz CT molecular complexity index is 1340. The van der Waals surface area contributed by atoms with Gasteiger partial charge in [0.1, 0.15) is 6.10 Å². The van der Waals surface area contributed by atoms with E-state index >= 15 is 0 Å². The van der Waals surface area contributed by atoms with Gasteiger partial charge in [-0.05, 0) is 68.2 Å². The van der Waals surface area contributed by atoms with Crippen LogP contribution in [-0.2, 0) is 23.1 Å². The standard InChI is InChI=1S/C29H33N3O6/c1-30(24(34)14-18-3-2-4-20(13-18)32(36)37)21-9-10-29(35)23-15-19-7-8-22(33)26-25(19)28(29,27(21)38-26)11-12-31(23)16-17-5-6-17/h2-4,7-8,13,17,21,23,27,33,35H,5-6,9-12,14-16H2,1H3/t21?,23-,27?,28-,29?/m0/s1. The fourth-order valence-corrected chi connectivity index (χ4v) is 8.12. The number of phenolic OH excluding ortho intramolecular Hbond substituents is 1. The molecule has 5 atom stereocenters. The van der Waals surface area contributed by atoms with Crippen LogP contribution >= 0.6 is 0 Å². The third kappa shape index (κ3) is 3.21. The Hall–Kier alpha value is -3.17. The number of ether oxygens (including phenoxy) is 1. The van der Waals surface area contributed by atoms with Gasteiger partial charge >= 0.3 is 0 Å². The number of aromatic hydroxyl groups is 1. The van der Waals surface area contributed by atoms with E-state index in [1.54, 1.807) is 30.1 Å². The molecule has 2 aromatic carbocycles. The van der Waals surface area contributed by atoms with Gasteiger partial charge in [-0.2, -0.15) is 0 Å². The molecule has 1 amide bonds. The molecule has 3 aliphatic carbocycles. The maximum absolute atomic E-state index is 13.5. The number of phenols is 1. The first-order valence-electron chi connectivity index (χ1n) is 13.7. The predicted molar refractivity (Wildman–Crippen MR) is 138 cm³/mol. The molecular formula is C29H33N3O6. The minimum absolute atomic E-state index is 0.0160. The number of amides is 1. The van der Waals surface area contributed by atoms with Crippen LogP contribution in [0.1, 0.15) is 48.8 Å². The smallest absolute Gasteiger partial charge is 0.269 e. The molecule has 0 aromatic heterocycles. The molecule has 2 saturated carbocycles. The third-order valence-electron chi connectivity index (χ3n) is 10.1. The molecule has 2 bridgehead atoms. The lowest BCUT2D eigenvalue weighted by Crippen LogP contribution is -2.78. The Labute approximate surface area is 221 Å². The van der Waals surface area contributed by atoms with E-state index in [1.165, 1.54) is 25.0 Å². The summed E-state index contributed by atoms with van der Waals surface area (Å²) in [5.41, 5.74) is 0.921. The number of aliphatic hydroxyl groups is 1. The van der Waals surface area contributed by atoms with Gasteiger partial charge < -0.3 is 19.8 Å². The highest BCUT2D eigenvalue weighted by atomic mass is 16.6. The van der Waals surface area contributed by atoms with Gasteiger partial charge in [0, 0.05) is 37.3 Å². The molecule has 5 aliphatic rings. The maximum Gasteiger partial charge on any atom is 0.269 e. The molecule has 1 saturated heterocycles. The van der Waals surface area contributed by atoms with Crippen molar-refractivity contribution in [1.29, 1.82) is 0 Å². The zero-order chi connectivity index (χ0) is 26.4. The molecule has 200 valence electrons. The first-order chi connectivity index (χ1) is 18.2. The number of carbonyl (C=O) groups excluding carboxylic acids is 1. The van der Waals surface area contributed by atoms with Gasteiger partial charge in [0.2, 0.25) is 5.91 Å². The number of nitro benzene ring substituents is 1. The van der Waals surface area contributed by atoms with E-state index in [4.69, 9.17) is 4.74 Å². The Balaban J connectivity index is 1.24. The number of likely N-dealkylation sites (N-methyl/N-ethyl adjacent to an activating group) is 1. The SMILES string of the molecule is CN(C(=O)Cc1cccc([N+](=O)[O-])c1)C1CCC2(O)[C@@H]3Cc4ccc(O)c5c4[C@@]2(CCN3CC2CC2)C1O5. The molecule has 2 aromatic rings. The topological polar surface area (TPSA) is 116 Å². The minimum Gasteiger partial charge on any atom is -0.504 e. The Morgan fingerprint density at radius 2 is 2.05 bits per heavy atom. The summed E-state index contributed by atoms with van der Waals surface area (Å²) in [7, 11) is 1.76. The quantitative estimate of drug-likeness (QED) is 0.445. The summed E-state index contributed by atoms with van der Waals surface area (Å²) >= 11 is 0. The average molecular weight is 520 g/mol. The van der Waals surface area contributed by atoms with Crippen molar-refractivity contribution in [2.75, 3.05) is 20.1 Å². The molecular weight excluding hydrogens is 486 g/mol. The fourth-order valence-electron chi connectivity index (χ4n) is 8.12. The molecule has 2 heterocycles. The van der Waals surface area contributed by atoms with Gasteiger partial charge in [-0.25, -0.2) is 0 Å². The van der Waals surface area contributed by atoms with E-state index < -0.39 is 22.0 Å². The van der Waals surface area contributed by atoms with Crippen molar-refractivity contribution in [3.8, 4) is 11.5 Å². The second-order valence-corrected chi connectivity index (χ2v) is 12.0. The number of rotatable bonds is 6. The van der Waals surface area contributed by atoms with Crippen LogP contribution in [0.15, 0.2) is 36.4 Å². The summed E-state index contributed by atoms with van der Waals surface area (Å²) in [4.78, 5) is 28.4. The lowest BCUT2D eigenvalue weighted by molar-refractivity contribution is -0.384. The minimum atomic E-state index is -1.00. The zero-order valence-electron chi connectivity index (χ0n) is 21.5. The van der Waals surface area contributed by atoms with Gasteiger partial charge in [0.05, 0.1) is 28.4 Å². The van der Waals surface area contributed by atoms with Gasteiger partial charge in [0.25, 0.3) is 5.69 Å². The molecule has 9 heteroatoms. The molecule has 2 aliphatic heterocycles. The lowest BCUT2D eigenvalue weighted by atomic mass is 9.48. The van der Waals surface area contributed by atoms with Crippen LogP contribution in [0.25, 0.3) is 0 Å². The van der Waals surface area contributed by atoms with E-state index in [0.717, 1.165) is 30.6 Å². The van der Waals surface area contributed by atoms with E-state index in [2.05, 4.69) is 4.90 Å². The lowest BCUT2D eigenvalue weighted by Gasteiger charge is -2.64. The Kier molecular flexibility index (Phi) is 5.14. The first-order valence-corrected chi connectivity index (χ1v) is 13.7. The van der Waals surface area contributed by atoms with E-state index in [-0.39, 0.29) is 35.8 Å². The van der Waals surface area contributed by atoms with E-state index in [0.29, 0.717) is 36.5 Å². The van der Waals surface area contributed by atoms with Gasteiger partial charge in [-0.3, -0.25) is 19.8 Å². The molecule has 38 heavy (non-hydrogen) atoms. The number of nitrogens with zero attached hydrogens (tertiary/aromatic N) is 3. The monoisotopic (exact) mass is 519 g/mol. The van der Waals surface area contributed by atoms with Crippen molar-refractivity contribution in [1.82, 2.24) is 9.80 Å². The largest absolute Gasteiger partial charge is 0.504 e. The summed E-state index contributed by atoms with van der Waals surface area (Å²) in [6.07, 6.45) is 4.65. The van der Waals surface area contributed by atoms with Crippen molar-refractivity contribution >= 4 is 11.6 Å². The number of hydrogen-bond acceptors (Lipinski definition) is 7. The molecule has 2 N–H and O–H groups in total. The van der Waals surface area contributed by atoms with Crippen LogP contribution in [-0.4, -0.2) is 74.8 Å². The maximum atomic E-state index is 13.5. The molecule has 7 rings (SSSR count). The number of non-ortho nitro benzene ring substituents is 1. The van der Waals surface area contributed by atoms with Crippen molar-refractivity contribution < 1.29 is 24.7 Å². The summed E-state index contributed by atoms with van der Waals surface area (Å²) in [6.45, 7) is 1.87. The second-order valence-electron chi connectivity index (χ2n) is 12.0. The van der Waals surface area contributed by atoms with E-state index in [1.807, 2.05) is 6.07 Å². The Morgan fingerprint density at radius 1 is 1.24 bits per heavy atom. The van der Waals surface area contributed by atoms with Crippen LogP contribution < -0.4 is 4.74 Å². The van der Waals surface area contributed by atoms with Crippen LogP contribution in [0.2, 0.25) is 0 Å². The number of benzene rings is 2. The van der Waals surface area contributed by atoms with Gasteiger partial charge in [0.15, 0.2) is 11.5 Å². The molecule has 1 spiro atoms. The average Bonchev–Trinajstić information content (AvgIpc) is 3.64. The third-order valence-corrected chi connectivity index (χ3v) is 10.1. The number of hydrogen-bond donors (Lipinski definition) is 2. The van der Waals surface area contributed by atoms with Crippen LogP contribution in [0, 0.1) is 16.0 Å². The van der Waals surface area contributed by atoms with Crippen LogP contribution in [0.3, 0.4) is 0 Å². The molecule has 3 fully saturated rings. The summed E-state index contributed by atoms with van der Waals surface area (Å²) < 4.78 is 6.58. The fraction of sp³-hybridized carbons (Fsp3) is 0.552. The number of nitro groups is 1. The van der Waals surface area contributed by atoms with Gasteiger partial charge in [-0.1, -0.05) is 18.2 Å². The molecule has 3 unspecified atom stereocenters. The summed E-state index contributed by atoms with van der Waals surface area (Å²) in [6, 6.07) is 9.55. The van der Waals surface area contributed by atoms with Crippen molar-refractivity contribution in [3.63, 3.8) is 0 Å². The van der Waals surface area contributed by atoms with Crippen molar-refractivity contribution in [2.24, 2.45) is 5.92 Å².